The molecule has 0 radical (unpaired) electrons. The molecule has 0 aromatic heterocycles. The third-order valence-electron chi connectivity index (χ3n) is 5.63. The Hall–Kier alpha value is -1.42. The van der Waals surface area contributed by atoms with Crippen molar-refractivity contribution in [1.82, 2.24) is 4.90 Å². The van der Waals surface area contributed by atoms with Crippen LogP contribution < -0.4 is 5.32 Å². The smallest absolute Gasteiger partial charge is 0.227 e. The number of rotatable bonds is 5. The molecule has 0 bridgehead atoms. The first-order chi connectivity index (χ1) is 11.7. The maximum Gasteiger partial charge on any atom is 0.227 e. The highest BCUT2D eigenvalue weighted by molar-refractivity contribution is 5.92. The van der Waals surface area contributed by atoms with Crippen molar-refractivity contribution in [1.29, 1.82) is 0 Å². The molecule has 4 heteroatoms. The molecule has 0 unspecified atom stereocenters. The first-order valence-electron chi connectivity index (χ1n) is 9.49. The Morgan fingerprint density at radius 2 is 1.88 bits per heavy atom. The molecule has 1 saturated carbocycles. The summed E-state index contributed by atoms with van der Waals surface area (Å²) in [4.78, 5) is 14.9. The number of halogens is 1. The summed E-state index contributed by atoms with van der Waals surface area (Å²) >= 11 is 0. The van der Waals surface area contributed by atoms with Gasteiger partial charge < -0.3 is 10.2 Å². The fourth-order valence-electron chi connectivity index (χ4n) is 4.07. The number of hydrogen-bond donors (Lipinski definition) is 1. The number of nitrogens with one attached hydrogen (secondary N) is 1. The minimum Gasteiger partial charge on any atom is -0.326 e. The molecule has 3 rings (SSSR count). The average Bonchev–Trinajstić information content (AvgIpc) is 2.61. The number of hydrogen-bond acceptors (Lipinski definition) is 2. The molecule has 1 saturated heterocycles. The van der Waals surface area contributed by atoms with E-state index < -0.39 is 0 Å². The van der Waals surface area contributed by atoms with Crippen LogP contribution in [-0.4, -0.2) is 30.4 Å². The lowest BCUT2D eigenvalue weighted by Gasteiger charge is -2.32. The van der Waals surface area contributed by atoms with Crippen LogP contribution in [0.3, 0.4) is 0 Å². The van der Waals surface area contributed by atoms with Crippen molar-refractivity contribution in [3.05, 3.63) is 30.1 Å². The first-order valence-corrected chi connectivity index (χ1v) is 9.49. The molecule has 0 atom stereocenters. The van der Waals surface area contributed by atoms with Crippen LogP contribution >= 0.6 is 0 Å². The van der Waals surface area contributed by atoms with Gasteiger partial charge in [-0.2, -0.15) is 0 Å². The number of piperidine rings is 1. The Labute approximate surface area is 144 Å². The minimum absolute atomic E-state index is 0.0348. The van der Waals surface area contributed by atoms with Crippen LogP contribution in [0.2, 0.25) is 0 Å². The zero-order chi connectivity index (χ0) is 16.8. The van der Waals surface area contributed by atoms with Crippen molar-refractivity contribution in [2.75, 3.05) is 25.0 Å². The van der Waals surface area contributed by atoms with Gasteiger partial charge in [-0.15, -0.1) is 0 Å². The van der Waals surface area contributed by atoms with E-state index in [9.17, 15) is 9.18 Å². The fourth-order valence-corrected chi connectivity index (χ4v) is 4.07. The van der Waals surface area contributed by atoms with Gasteiger partial charge in [-0.1, -0.05) is 38.2 Å². The Balaban J connectivity index is 1.38. The summed E-state index contributed by atoms with van der Waals surface area (Å²) in [5.74, 6) is 0.699. The van der Waals surface area contributed by atoms with Gasteiger partial charge in [-0.3, -0.25) is 4.79 Å². The highest BCUT2D eigenvalue weighted by Crippen LogP contribution is 2.27. The normalized spacial score (nSPS) is 20.9. The van der Waals surface area contributed by atoms with Crippen LogP contribution in [0.5, 0.6) is 0 Å². The third kappa shape index (κ3) is 5.04. The van der Waals surface area contributed by atoms with Crippen LogP contribution in [0, 0.1) is 17.7 Å². The van der Waals surface area contributed by atoms with E-state index in [1.807, 2.05) is 0 Å². The van der Waals surface area contributed by atoms with E-state index in [1.165, 1.54) is 57.2 Å². The highest BCUT2D eigenvalue weighted by atomic mass is 19.1. The Morgan fingerprint density at radius 3 is 2.58 bits per heavy atom. The van der Waals surface area contributed by atoms with Gasteiger partial charge >= 0.3 is 0 Å². The van der Waals surface area contributed by atoms with Crippen LogP contribution in [-0.2, 0) is 4.79 Å². The molecule has 0 spiro atoms. The van der Waals surface area contributed by atoms with Crippen LogP contribution in [0.1, 0.15) is 51.4 Å². The number of likely N-dealkylation sites (tertiary alicyclic amines) is 1. The number of nitrogens with zero attached hydrogens (tertiary/aromatic N) is 1. The quantitative estimate of drug-likeness (QED) is 0.864. The monoisotopic (exact) mass is 332 g/mol. The van der Waals surface area contributed by atoms with Crippen molar-refractivity contribution in [3.63, 3.8) is 0 Å². The predicted octanol–water partition coefficient (Wildman–Crippen LogP) is 4.45. The minimum atomic E-state index is -0.315. The number of amides is 1. The van der Waals surface area contributed by atoms with E-state index in [4.69, 9.17) is 0 Å². The van der Waals surface area contributed by atoms with Crippen LogP contribution in [0.15, 0.2) is 24.3 Å². The molecule has 1 amide bonds. The van der Waals surface area contributed by atoms with Crippen molar-refractivity contribution >= 4 is 11.6 Å². The lowest BCUT2D eigenvalue weighted by atomic mass is 9.86. The van der Waals surface area contributed by atoms with Gasteiger partial charge in [0, 0.05) is 11.6 Å². The summed E-state index contributed by atoms with van der Waals surface area (Å²) < 4.78 is 13.2. The zero-order valence-electron chi connectivity index (χ0n) is 14.5. The molecule has 132 valence electrons. The number of benzene rings is 1. The Morgan fingerprint density at radius 1 is 1.12 bits per heavy atom. The van der Waals surface area contributed by atoms with Gasteiger partial charge in [0.2, 0.25) is 5.91 Å². The molecule has 1 heterocycles. The SMILES string of the molecule is O=C(Nc1cccc(F)c1)C1CCN(CCC2CCCCC2)CC1. The van der Waals surface area contributed by atoms with E-state index in [-0.39, 0.29) is 17.6 Å². The molecule has 1 aromatic carbocycles. The molecule has 3 nitrogen and oxygen atoms in total. The van der Waals surface area contributed by atoms with E-state index in [0.717, 1.165) is 31.8 Å². The second-order valence-corrected chi connectivity index (χ2v) is 7.41. The molecule has 24 heavy (non-hydrogen) atoms. The fraction of sp³-hybridized carbons (Fsp3) is 0.650. The summed E-state index contributed by atoms with van der Waals surface area (Å²) in [6.07, 6.45) is 10.2. The standard InChI is InChI=1S/C20H29FN2O/c21-18-7-4-8-19(15-18)22-20(24)17-10-13-23(14-11-17)12-9-16-5-2-1-3-6-16/h4,7-8,15-17H,1-3,5-6,9-14H2,(H,22,24). The van der Waals surface area contributed by atoms with Gasteiger partial charge in [-0.05, 0) is 63.0 Å². The summed E-state index contributed by atoms with van der Waals surface area (Å²) in [6.45, 7) is 3.20. The number of carbonyl (C=O) groups excluding carboxylic acids is 1. The van der Waals surface area contributed by atoms with Gasteiger partial charge in [0.25, 0.3) is 0 Å². The molecule has 1 N–H and O–H groups in total. The van der Waals surface area contributed by atoms with Crippen LogP contribution in [0.4, 0.5) is 10.1 Å². The van der Waals surface area contributed by atoms with E-state index in [2.05, 4.69) is 10.2 Å². The molecule has 1 aliphatic heterocycles. The van der Waals surface area contributed by atoms with Gasteiger partial charge in [0.05, 0.1) is 0 Å². The largest absolute Gasteiger partial charge is 0.326 e. The summed E-state index contributed by atoms with van der Waals surface area (Å²) in [6, 6.07) is 6.12. The van der Waals surface area contributed by atoms with Gasteiger partial charge in [0.15, 0.2) is 0 Å². The van der Waals surface area contributed by atoms with Crippen molar-refractivity contribution in [2.24, 2.45) is 11.8 Å². The lowest BCUT2D eigenvalue weighted by molar-refractivity contribution is -0.121. The molecular formula is C20H29FN2O. The molecular weight excluding hydrogens is 303 g/mol. The molecule has 1 aliphatic carbocycles. The van der Waals surface area contributed by atoms with E-state index >= 15 is 0 Å². The topological polar surface area (TPSA) is 32.3 Å². The maximum atomic E-state index is 13.2. The van der Waals surface area contributed by atoms with E-state index in [0.29, 0.717) is 5.69 Å². The van der Waals surface area contributed by atoms with E-state index in [1.54, 1.807) is 12.1 Å². The van der Waals surface area contributed by atoms with Gasteiger partial charge in [0.1, 0.15) is 5.82 Å². The second kappa shape index (κ2) is 8.61. The highest BCUT2D eigenvalue weighted by Gasteiger charge is 2.25. The second-order valence-electron chi connectivity index (χ2n) is 7.41. The average molecular weight is 332 g/mol. The Kier molecular flexibility index (Phi) is 6.24. The summed E-state index contributed by atoms with van der Waals surface area (Å²) in [5, 5.41) is 2.85. The lowest BCUT2D eigenvalue weighted by Crippen LogP contribution is -2.39. The zero-order valence-corrected chi connectivity index (χ0v) is 14.5. The number of carbonyl (C=O) groups is 1. The van der Waals surface area contributed by atoms with Crippen molar-refractivity contribution in [3.8, 4) is 0 Å². The third-order valence-corrected chi connectivity index (χ3v) is 5.63. The summed E-state index contributed by atoms with van der Waals surface area (Å²) in [5.41, 5.74) is 0.555. The molecule has 2 fully saturated rings. The van der Waals surface area contributed by atoms with Crippen LogP contribution in [0.25, 0.3) is 0 Å². The first kappa shape index (κ1) is 17.4. The maximum absolute atomic E-state index is 13.2. The van der Waals surface area contributed by atoms with Crippen molar-refractivity contribution in [2.45, 2.75) is 51.4 Å². The Bertz CT molecular complexity index is 534. The summed E-state index contributed by atoms with van der Waals surface area (Å²) in [7, 11) is 0. The molecule has 2 aliphatic rings. The number of anilines is 1. The molecule has 1 aromatic rings. The predicted molar refractivity (Wildman–Crippen MR) is 95.4 cm³/mol. The van der Waals surface area contributed by atoms with Crippen molar-refractivity contribution < 1.29 is 9.18 Å². The van der Waals surface area contributed by atoms with Gasteiger partial charge in [-0.25, -0.2) is 4.39 Å².